The van der Waals surface area contributed by atoms with Crippen LogP contribution in [0.1, 0.15) is 12.8 Å². The lowest BCUT2D eigenvalue weighted by Crippen LogP contribution is -2.21. The number of carbonyl (C=O) groups is 1. The van der Waals surface area contributed by atoms with E-state index in [9.17, 15) is 4.79 Å². The number of anilines is 1. The van der Waals surface area contributed by atoms with Crippen LogP contribution in [0.5, 0.6) is 11.5 Å². The number of amides is 2. The first-order valence-electron chi connectivity index (χ1n) is 6.46. The van der Waals surface area contributed by atoms with E-state index in [1.165, 1.54) is 0 Å². The molecule has 0 radical (unpaired) electrons. The number of hydrogen-bond acceptors (Lipinski definition) is 3. The molecule has 1 fully saturated rings. The number of urea groups is 1. The van der Waals surface area contributed by atoms with E-state index in [-0.39, 0.29) is 0 Å². The van der Waals surface area contributed by atoms with Crippen LogP contribution in [0.2, 0.25) is 0 Å². The van der Waals surface area contributed by atoms with E-state index < -0.39 is 6.03 Å². The van der Waals surface area contributed by atoms with Crippen molar-refractivity contribution in [2.24, 2.45) is 4.99 Å². The zero-order chi connectivity index (χ0) is 14.5. The molecule has 0 bridgehead atoms. The fourth-order valence-corrected chi connectivity index (χ4v) is 2.16. The SMILES string of the molecule is COc1cccc(OC)c1NC(=O)/N=C1/CCCN1C. The van der Waals surface area contributed by atoms with Crippen LogP contribution in [0.3, 0.4) is 0 Å². The van der Waals surface area contributed by atoms with Crippen LogP contribution >= 0.6 is 0 Å². The van der Waals surface area contributed by atoms with E-state index in [1.807, 2.05) is 11.9 Å². The molecule has 2 amide bonds. The minimum absolute atomic E-state index is 0.420. The summed E-state index contributed by atoms with van der Waals surface area (Å²) in [5.74, 6) is 1.88. The Morgan fingerprint density at radius 3 is 2.45 bits per heavy atom. The summed E-state index contributed by atoms with van der Waals surface area (Å²) in [6.07, 6.45) is 1.85. The number of nitrogens with zero attached hydrogens (tertiary/aromatic N) is 2. The zero-order valence-electron chi connectivity index (χ0n) is 12.0. The fourth-order valence-electron chi connectivity index (χ4n) is 2.16. The van der Waals surface area contributed by atoms with Crippen LogP contribution in [-0.4, -0.2) is 44.6 Å². The van der Waals surface area contributed by atoms with Gasteiger partial charge in [0.1, 0.15) is 23.0 Å². The molecule has 6 nitrogen and oxygen atoms in total. The molecular formula is C14H19N3O3. The minimum Gasteiger partial charge on any atom is -0.494 e. The van der Waals surface area contributed by atoms with E-state index in [1.54, 1.807) is 32.4 Å². The minimum atomic E-state index is -0.420. The molecule has 0 saturated carbocycles. The summed E-state index contributed by atoms with van der Waals surface area (Å²) in [4.78, 5) is 18.1. The molecule has 2 rings (SSSR count). The molecule has 1 aliphatic heterocycles. The van der Waals surface area contributed by atoms with Gasteiger partial charge in [0.15, 0.2) is 0 Å². The molecule has 1 saturated heterocycles. The molecule has 0 unspecified atom stereocenters. The van der Waals surface area contributed by atoms with E-state index in [2.05, 4.69) is 10.3 Å². The van der Waals surface area contributed by atoms with Gasteiger partial charge in [-0.3, -0.25) is 5.32 Å². The van der Waals surface area contributed by atoms with Gasteiger partial charge >= 0.3 is 6.03 Å². The first-order chi connectivity index (χ1) is 9.65. The molecule has 1 heterocycles. The van der Waals surface area contributed by atoms with Crippen molar-refractivity contribution in [3.05, 3.63) is 18.2 Å². The summed E-state index contributed by atoms with van der Waals surface area (Å²) in [5, 5.41) is 2.73. The molecule has 1 N–H and O–H groups in total. The predicted molar refractivity (Wildman–Crippen MR) is 77.9 cm³/mol. The third-order valence-electron chi connectivity index (χ3n) is 3.22. The molecule has 1 aromatic carbocycles. The topological polar surface area (TPSA) is 63.2 Å². The summed E-state index contributed by atoms with van der Waals surface area (Å²) in [6, 6.07) is 4.89. The van der Waals surface area contributed by atoms with Crippen molar-refractivity contribution in [1.82, 2.24) is 4.90 Å². The molecule has 6 heteroatoms. The van der Waals surface area contributed by atoms with E-state index in [0.29, 0.717) is 17.2 Å². The number of para-hydroxylation sites is 1. The standard InChI is InChI=1S/C14H19N3O3/c1-17-9-5-8-12(17)15-14(18)16-13-10(19-2)6-4-7-11(13)20-3/h4,6-7H,5,8-9H2,1-3H3,(H,16,18)/b15-12-. The second-order valence-corrected chi connectivity index (χ2v) is 4.52. The maximum atomic E-state index is 12.0. The maximum Gasteiger partial charge on any atom is 0.347 e. The smallest absolute Gasteiger partial charge is 0.347 e. The van der Waals surface area contributed by atoms with E-state index >= 15 is 0 Å². The van der Waals surface area contributed by atoms with Crippen molar-refractivity contribution in [2.45, 2.75) is 12.8 Å². The average molecular weight is 277 g/mol. The summed E-state index contributed by atoms with van der Waals surface area (Å²) >= 11 is 0. The van der Waals surface area contributed by atoms with Gasteiger partial charge in [-0.05, 0) is 18.6 Å². The highest BCUT2D eigenvalue weighted by atomic mass is 16.5. The number of hydrogen-bond donors (Lipinski definition) is 1. The summed E-state index contributed by atoms with van der Waals surface area (Å²) in [6.45, 7) is 0.935. The van der Waals surface area contributed by atoms with Gasteiger partial charge in [-0.1, -0.05) is 6.07 Å². The van der Waals surface area contributed by atoms with Crippen LogP contribution in [0, 0.1) is 0 Å². The number of ether oxygens (including phenoxy) is 2. The second kappa shape index (κ2) is 6.27. The zero-order valence-corrected chi connectivity index (χ0v) is 12.0. The Hall–Kier alpha value is -2.24. The molecule has 108 valence electrons. The molecule has 1 aliphatic rings. The van der Waals surface area contributed by atoms with Gasteiger partial charge in [0, 0.05) is 20.0 Å². The van der Waals surface area contributed by atoms with Crippen LogP contribution in [0.25, 0.3) is 0 Å². The lowest BCUT2D eigenvalue weighted by molar-refractivity contribution is 0.259. The number of rotatable bonds is 3. The summed E-state index contributed by atoms with van der Waals surface area (Å²) < 4.78 is 10.5. The Labute approximate surface area is 118 Å². The van der Waals surface area contributed by atoms with Crippen molar-refractivity contribution in [2.75, 3.05) is 33.1 Å². The van der Waals surface area contributed by atoms with Crippen LogP contribution in [-0.2, 0) is 0 Å². The predicted octanol–water partition coefficient (Wildman–Crippen LogP) is 2.36. The normalized spacial score (nSPS) is 16.4. The van der Waals surface area contributed by atoms with E-state index in [4.69, 9.17) is 9.47 Å². The van der Waals surface area contributed by atoms with E-state index in [0.717, 1.165) is 25.2 Å². The van der Waals surface area contributed by atoms with Gasteiger partial charge in [-0.15, -0.1) is 0 Å². The molecule has 20 heavy (non-hydrogen) atoms. The summed E-state index contributed by atoms with van der Waals surface area (Å²) in [7, 11) is 5.02. The number of nitrogens with one attached hydrogen (secondary N) is 1. The average Bonchev–Trinajstić information content (AvgIpc) is 2.84. The number of aliphatic imine (C=N–C) groups is 1. The van der Waals surface area contributed by atoms with Crippen molar-refractivity contribution in [3.8, 4) is 11.5 Å². The number of methoxy groups -OCH3 is 2. The quantitative estimate of drug-likeness (QED) is 0.921. The van der Waals surface area contributed by atoms with Crippen LogP contribution in [0.15, 0.2) is 23.2 Å². The number of likely N-dealkylation sites (tertiary alicyclic amines) is 1. The largest absolute Gasteiger partial charge is 0.494 e. The first kappa shape index (κ1) is 14.2. The molecular weight excluding hydrogens is 258 g/mol. The van der Waals surface area contributed by atoms with Crippen LogP contribution in [0.4, 0.5) is 10.5 Å². The summed E-state index contributed by atoms with van der Waals surface area (Å²) in [5.41, 5.74) is 0.493. The highest BCUT2D eigenvalue weighted by Gasteiger charge is 2.17. The Morgan fingerprint density at radius 2 is 1.95 bits per heavy atom. The third-order valence-corrected chi connectivity index (χ3v) is 3.22. The Kier molecular flexibility index (Phi) is 4.45. The van der Waals surface area contributed by atoms with Gasteiger partial charge in [0.05, 0.1) is 14.2 Å². The molecule has 0 atom stereocenters. The number of benzene rings is 1. The van der Waals surface area contributed by atoms with Crippen molar-refractivity contribution >= 4 is 17.6 Å². The van der Waals surface area contributed by atoms with Gasteiger partial charge < -0.3 is 14.4 Å². The van der Waals surface area contributed by atoms with Gasteiger partial charge in [0.25, 0.3) is 0 Å². The molecule has 0 spiro atoms. The second-order valence-electron chi connectivity index (χ2n) is 4.52. The maximum absolute atomic E-state index is 12.0. The number of amidine groups is 1. The van der Waals surface area contributed by atoms with Crippen molar-refractivity contribution in [3.63, 3.8) is 0 Å². The Morgan fingerprint density at radius 1 is 1.30 bits per heavy atom. The highest BCUT2D eigenvalue weighted by Crippen LogP contribution is 2.34. The molecule has 0 aliphatic carbocycles. The first-order valence-corrected chi connectivity index (χ1v) is 6.46. The highest BCUT2D eigenvalue weighted by molar-refractivity contribution is 6.01. The molecule has 0 aromatic heterocycles. The third kappa shape index (κ3) is 3.01. The fraction of sp³-hybridized carbons (Fsp3) is 0.429. The molecule has 1 aromatic rings. The van der Waals surface area contributed by atoms with Gasteiger partial charge in [-0.25, -0.2) is 4.79 Å². The van der Waals surface area contributed by atoms with Crippen molar-refractivity contribution < 1.29 is 14.3 Å². The van der Waals surface area contributed by atoms with Crippen molar-refractivity contribution in [1.29, 1.82) is 0 Å². The lowest BCUT2D eigenvalue weighted by atomic mass is 10.2. The Bertz CT molecular complexity index is 506. The Balaban J connectivity index is 2.19. The monoisotopic (exact) mass is 277 g/mol. The van der Waals surface area contributed by atoms with Crippen LogP contribution < -0.4 is 14.8 Å². The lowest BCUT2D eigenvalue weighted by Gasteiger charge is -2.14. The van der Waals surface area contributed by atoms with Gasteiger partial charge in [-0.2, -0.15) is 4.99 Å². The number of carbonyl (C=O) groups excluding carboxylic acids is 1. The van der Waals surface area contributed by atoms with Gasteiger partial charge in [0.2, 0.25) is 0 Å².